The lowest BCUT2D eigenvalue weighted by Gasteiger charge is -2.31. The van der Waals surface area contributed by atoms with Crippen LogP contribution in [0.3, 0.4) is 0 Å². The molecule has 1 aliphatic heterocycles. The predicted molar refractivity (Wildman–Crippen MR) is 95.9 cm³/mol. The quantitative estimate of drug-likeness (QED) is 0.753. The number of nitrogens with one attached hydrogen (secondary N) is 2. The van der Waals surface area contributed by atoms with Crippen molar-refractivity contribution in [2.75, 3.05) is 13.7 Å². The molecule has 0 saturated heterocycles. The Morgan fingerprint density at radius 2 is 1.88 bits per heavy atom. The normalized spacial score (nSPS) is 17.2. The standard InChI is InChI=1S/C17H20Cl2N2O4/c1-5-25-15-10(18)6-9(7-11(15)19)14-12(16(22)24-4)13(8(2)3)20-17(23)21-14/h6-8,14H,5H2,1-4H3,(H2,20,21,23). The molecule has 0 spiro atoms. The molecule has 1 aromatic carbocycles. The molecule has 2 amide bonds. The van der Waals surface area contributed by atoms with Crippen LogP contribution in [0.5, 0.6) is 5.75 Å². The van der Waals surface area contributed by atoms with E-state index in [-0.39, 0.29) is 5.92 Å². The van der Waals surface area contributed by atoms with Crippen LogP contribution in [0.2, 0.25) is 10.0 Å². The molecule has 2 N–H and O–H groups in total. The third-order valence-corrected chi connectivity index (χ3v) is 4.29. The van der Waals surface area contributed by atoms with Gasteiger partial charge >= 0.3 is 12.0 Å². The van der Waals surface area contributed by atoms with Gasteiger partial charge < -0.3 is 20.1 Å². The topological polar surface area (TPSA) is 76.7 Å². The van der Waals surface area contributed by atoms with Crippen molar-refractivity contribution in [2.24, 2.45) is 5.92 Å². The fourth-order valence-electron chi connectivity index (χ4n) is 2.66. The van der Waals surface area contributed by atoms with Crippen LogP contribution in [-0.4, -0.2) is 25.7 Å². The zero-order valence-corrected chi connectivity index (χ0v) is 15.9. The molecule has 1 aromatic rings. The molecule has 136 valence electrons. The number of ether oxygens (including phenoxy) is 2. The van der Waals surface area contributed by atoms with Crippen molar-refractivity contribution < 1.29 is 19.1 Å². The summed E-state index contributed by atoms with van der Waals surface area (Å²) in [5.74, 6) is -0.263. The summed E-state index contributed by atoms with van der Waals surface area (Å²) in [7, 11) is 1.29. The van der Waals surface area contributed by atoms with Crippen LogP contribution in [0.1, 0.15) is 32.4 Å². The number of hydrogen-bond acceptors (Lipinski definition) is 4. The van der Waals surface area contributed by atoms with Crippen molar-refractivity contribution in [1.82, 2.24) is 10.6 Å². The largest absolute Gasteiger partial charge is 0.491 e. The smallest absolute Gasteiger partial charge is 0.337 e. The monoisotopic (exact) mass is 386 g/mol. The molecule has 0 bridgehead atoms. The highest BCUT2D eigenvalue weighted by atomic mass is 35.5. The van der Waals surface area contributed by atoms with Crippen LogP contribution in [0, 0.1) is 5.92 Å². The maximum atomic E-state index is 12.3. The number of esters is 1. The van der Waals surface area contributed by atoms with E-state index in [2.05, 4.69) is 10.6 Å². The SMILES string of the molecule is CCOc1c(Cl)cc(C2NC(=O)NC(C(C)C)=C2C(=O)OC)cc1Cl. The summed E-state index contributed by atoms with van der Waals surface area (Å²) < 4.78 is 10.3. The predicted octanol–water partition coefficient (Wildman–Crippen LogP) is 3.83. The number of rotatable bonds is 5. The Labute approximate surface area is 156 Å². The summed E-state index contributed by atoms with van der Waals surface area (Å²) >= 11 is 12.5. The van der Waals surface area contributed by atoms with E-state index < -0.39 is 18.0 Å². The Kier molecular flexibility index (Phi) is 6.19. The number of carbonyl (C=O) groups excluding carboxylic acids is 2. The van der Waals surface area contributed by atoms with Gasteiger partial charge in [0, 0.05) is 5.70 Å². The molecule has 0 aromatic heterocycles. The van der Waals surface area contributed by atoms with Gasteiger partial charge in [0.2, 0.25) is 0 Å². The molecule has 0 saturated carbocycles. The molecular weight excluding hydrogens is 367 g/mol. The van der Waals surface area contributed by atoms with Gasteiger partial charge in [-0.15, -0.1) is 0 Å². The Bertz CT molecular complexity index is 708. The molecule has 1 aliphatic rings. The van der Waals surface area contributed by atoms with Crippen LogP contribution in [0.4, 0.5) is 4.79 Å². The number of carbonyl (C=O) groups is 2. The summed E-state index contributed by atoms with van der Waals surface area (Å²) in [4.78, 5) is 24.4. The molecule has 0 radical (unpaired) electrons. The molecule has 2 rings (SSSR count). The van der Waals surface area contributed by atoms with E-state index in [1.807, 2.05) is 20.8 Å². The number of urea groups is 1. The van der Waals surface area contributed by atoms with E-state index in [1.165, 1.54) is 7.11 Å². The van der Waals surface area contributed by atoms with Gasteiger partial charge in [-0.05, 0) is 30.5 Å². The molecular formula is C17H20Cl2N2O4. The highest BCUT2D eigenvalue weighted by Gasteiger charge is 2.35. The van der Waals surface area contributed by atoms with Crippen molar-refractivity contribution in [3.8, 4) is 5.75 Å². The Hall–Kier alpha value is -1.92. The van der Waals surface area contributed by atoms with E-state index in [1.54, 1.807) is 12.1 Å². The molecule has 1 unspecified atom stereocenters. The second-order valence-corrected chi connectivity index (χ2v) is 6.57. The molecule has 6 nitrogen and oxygen atoms in total. The minimum atomic E-state index is -0.732. The maximum absolute atomic E-state index is 12.3. The first-order valence-corrected chi connectivity index (χ1v) is 8.57. The van der Waals surface area contributed by atoms with Gasteiger partial charge in [-0.25, -0.2) is 9.59 Å². The first-order valence-electron chi connectivity index (χ1n) is 7.81. The molecule has 1 heterocycles. The lowest BCUT2D eigenvalue weighted by molar-refractivity contribution is -0.136. The van der Waals surface area contributed by atoms with Crippen molar-refractivity contribution in [3.63, 3.8) is 0 Å². The van der Waals surface area contributed by atoms with E-state index in [0.717, 1.165) is 0 Å². The molecule has 25 heavy (non-hydrogen) atoms. The highest BCUT2D eigenvalue weighted by Crippen LogP contribution is 2.39. The van der Waals surface area contributed by atoms with Gasteiger partial charge in [-0.2, -0.15) is 0 Å². The molecule has 0 aliphatic carbocycles. The highest BCUT2D eigenvalue weighted by molar-refractivity contribution is 6.37. The fourth-order valence-corrected chi connectivity index (χ4v) is 3.27. The number of methoxy groups -OCH3 is 1. The summed E-state index contributed by atoms with van der Waals surface area (Å²) in [5.41, 5.74) is 1.38. The van der Waals surface area contributed by atoms with Crippen LogP contribution in [-0.2, 0) is 9.53 Å². The van der Waals surface area contributed by atoms with Gasteiger partial charge in [-0.3, -0.25) is 0 Å². The number of hydrogen-bond donors (Lipinski definition) is 2. The van der Waals surface area contributed by atoms with Crippen molar-refractivity contribution >= 4 is 35.2 Å². The average molecular weight is 387 g/mol. The average Bonchev–Trinajstić information content (AvgIpc) is 2.56. The number of halogens is 2. The number of amides is 2. The number of benzene rings is 1. The Balaban J connectivity index is 2.60. The van der Waals surface area contributed by atoms with Crippen LogP contribution in [0.15, 0.2) is 23.4 Å². The number of allylic oxidation sites excluding steroid dienone is 1. The first-order chi connectivity index (χ1) is 11.8. The summed E-state index contributed by atoms with van der Waals surface area (Å²) in [6, 6.07) is 2.09. The summed E-state index contributed by atoms with van der Waals surface area (Å²) in [5, 5.41) is 6.00. The summed E-state index contributed by atoms with van der Waals surface area (Å²) in [6.45, 7) is 5.98. The van der Waals surface area contributed by atoms with E-state index in [0.29, 0.717) is 39.2 Å². The van der Waals surface area contributed by atoms with E-state index >= 15 is 0 Å². The van der Waals surface area contributed by atoms with Gasteiger partial charge in [0.15, 0.2) is 5.75 Å². The van der Waals surface area contributed by atoms with E-state index in [9.17, 15) is 9.59 Å². The zero-order chi connectivity index (χ0) is 18.7. The Morgan fingerprint density at radius 1 is 1.28 bits per heavy atom. The third-order valence-electron chi connectivity index (χ3n) is 3.73. The van der Waals surface area contributed by atoms with Crippen LogP contribution >= 0.6 is 23.2 Å². The van der Waals surface area contributed by atoms with Crippen molar-refractivity contribution in [3.05, 3.63) is 39.0 Å². The van der Waals surface area contributed by atoms with Crippen molar-refractivity contribution in [1.29, 1.82) is 0 Å². The molecule has 1 atom stereocenters. The van der Waals surface area contributed by atoms with Gasteiger partial charge in [0.05, 0.1) is 35.4 Å². The molecule has 8 heteroatoms. The van der Waals surface area contributed by atoms with Gasteiger partial charge in [0.1, 0.15) is 0 Å². The minimum absolute atomic E-state index is 0.0868. The zero-order valence-electron chi connectivity index (χ0n) is 14.4. The lowest BCUT2D eigenvalue weighted by Crippen LogP contribution is -2.47. The first kappa shape index (κ1) is 19.4. The van der Waals surface area contributed by atoms with Crippen molar-refractivity contribution in [2.45, 2.75) is 26.8 Å². The van der Waals surface area contributed by atoms with Gasteiger partial charge in [-0.1, -0.05) is 37.0 Å². The second kappa shape index (κ2) is 7.97. The summed E-state index contributed by atoms with van der Waals surface area (Å²) in [6.07, 6.45) is 0. The van der Waals surface area contributed by atoms with Crippen LogP contribution < -0.4 is 15.4 Å². The van der Waals surface area contributed by atoms with E-state index in [4.69, 9.17) is 32.7 Å². The maximum Gasteiger partial charge on any atom is 0.337 e. The Morgan fingerprint density at radius 3 is 2.36 bits per heavy atom. The minimum Gasteiger partial charge on any atom is -0.491 e. The molecule has 0 fully saturated rings. The fraction of sp³-hybridized carbons (Fsp3) is 0.412. The third kappa shape index (κ3) is 4.02. The lowest BCUT2D eigenvalue weighted by atomic mass is 9.91. The van der Waals surface area contributed by atoms with Gasteiger partial charge in [0.25, 0.3) is 0 Å². The van der Waals surface area contributed by atoms with Crippen LogP contribution in [0.25, 0.3) is 0 Å². The second-order valence-electron chi connectivity index (χ2n) is 5.75.